The minimum absolute atomic E-state index is 0.0441. The molecule has 3 aromatic rings. The Labute approximate surface area is 186 Å². The zero-order valence-electron chi connectivity index (χ0n) is 17.9. The number of carbonyl (C=O) groups excluding carboxylic acids is 1. The number of aryl methyl sites for hydroxylation is 2. The zero-order valence-corrected chi connectivity index (χ0v) is 18.7. The first-order valence-corrected chi connectivity index (χ1v) is 11.7. The number of amides is 1. The Morgan fingerprint density at radius 2 is 1.75 bits per heavy atom. The molecular weight excluding hydrogens is 433 g/mol. The van der Waals surface area contributed by atoms with E-state index in [0.717, 1.165) is 23.5 Å². The summed E-state index contributed by atoms with van der Waals surface area (Å²) in [7, 11) is -3.75. The highest BCUT2D eigenvalue weighted by molar-refractivity contribution is 7.89. The van der Waals surface area contributed by atoms with Gasteiger partial charge in [0.2, 0.25) is 10.0 Å². The van der Waals surface area contributed by atoms with Gasteiger partial charge in [-0.15, -0.1) is 0 Å². The molecular formula is C22H24FN5O3S. The van der Waals surface area contributed by atoms with Crippen molar-refractivity contribution in [1.29, 1.82) is 0 Å². The first-order valence-electron chi connectivity index (χ1n) is 10.3. The van der Waals surface area contributed by atoms with E-state index >= 15 is 0 Å². The van der Waals surface area contributed by atoms with Crippen LogP contribution in [0.5, 0.6) is 0 Å². The third kappa shape index (κ3) is 4.42. The minimum atomic E-state index is -3.75. The van der Waals surface area contributed by atoms with E-state index in [-0.39, 0.29) is 23.9 Å². The van der Waals surface area contributed by atoms with Gasteiger partial charge in [-0.2, -0.15) is 9.40 Å². The lowest BCUT2D eigenvalue weighted by Crippen LogP contribution is -2.37. The fourth-order valence-electron chi connectivity index (χ4n) is 3.77. The lowest BCUT2D eigenvalue weighted by atomic mass is 10.2. The third-order valence-electron chi connectivity index (χ3n) is 5.41. The van der Waals surface area contributed by atoms with Gasteiger partial charge in [0.15, 0.2) is 5.82 Å². The van der Waals surface area contributed by atoms with E-state index in [1.807, 2.05) is 19.9 Å². The van der Waals surface area contributed by atoms with Crippen LogP contribution in [-0.2, 0) is 10.0 Å². The van der Waals surface area contributed by atoms with Crippen LogP contribution in [0.25, 0.3) is 5.82 Å². The van der Waals surface area contributed by atoms with Gasteiger partial charge in [0.05, 0.1) is 16.2 Å². The molecule has 4 rings (SSSR count). The molecule has 32 heavy (non-hydrogen) atoms. The summed E-state index contributed by atoms with van der Waals surface area (Å²) in [5.74, 6) is -0.0629. The maximum absolute atomic E-state index is 13.2. The molecule has 0 atom stereocenters. The van der Waals surface area contributed by atoms with Crippen molar-refractivity contribution in [3.8, 4) is 5.82 Å². The van der Waals surface area contributed by atoms with Gasteiger partial charge < -0.3 is 4.90 Å². The molecule has 1 aromatic carbocycles. The average Bonchev–Trinajstić information content (AvgIpc) is 2.96. The highest BCUT2D eigenvalue weighted by Gasteiger charge is 2.28. The Bertz CT molecular complexity index is 1220. The van der Waals surface area contributed by atoms with Gasteiger partial charge in [0, 0.05) is 38.1 Å². The monoisotopic (exact) mass is 457 g/mol. The van der Waals surface area contributed by atoms with E-state index in [1.54, 1.807) is 21.7 Å². The molecule has 0 spiro atoms. The molecule has 168 valence electrons. The number of nitrogens with zero attached hydrogens (tertiary/aromatic N) is 5. The molecule has 0 aliphatic carbocycles. The molecule has 0 radical (unpaired) electrons. The van der Waals surface area contributed by atoms with Gasteiger partial charge >= 0.3 is 0 Å². The quantitative estimate of drug-likeness (QED) is 0.601. The fraction of sp³-hybridized carbons (Fsp3) is 0.318. The van der Waals surface area contributed by atoms with Crippen molar-refractivity contribution in [3.63, 3.8) is 0 Å². The zero-order chi connectivity index (χ0) is 22.9. The second kappa shape index (κ2) is 8.79. The number of pyridine rings is 1. The van der Waals surface area contributed by atoms with Crippen molar-refractivity contribution in [2.45, 2.75) is 25.2 Å². The maximum Gasteiger partial charge on any atom is 0.255 e. The summed E-state index contributed by atoms with van der Waals surface area (Å²) in [6.45, 7) is 5.00. The summed E-state index contributed by atoms with van der Waals surface area (Å²) in [6.07, 6.45) is 2.02. The van der Waals surface area contributed by atoms with Crippen LogP contribution in [0.3, 0.4) is 0 Å². The van der Waals surface area contributed by atoms with Crippen molar-refractivity contribution < 1.29 is 17.6 Å². The second-order valence-corrected chi connectivity index (χ2v) is 9.69. The topological polar surface area (TPSA) is 88.4 Å². The Morgan fingerprint density at radius 1 is 1.00 bits per heavy atom. The van der Waals surface area contributed by atoms with Crippen molar-refractivity contribution in [1.82, 2.24) is 24.0 Å². The van der Waals surface area contributed by atoms with Gasteiger partial charge in [-0.05, 0) is 62.7 Å². The van der Waals surface area contributed by atoms with E-state index < -0.39 is 15.8 Å². The van der Waals surface area contributed by atoms with Crippen LogP contribution in [0.1, 0.15) is 28.2 Å². The standard InChI is InChI=1S/C22H24FN5O3S/c1-16-14-17(2)28(25-16)21-9-4-18(15-24-21)22(29)26-10-3-11-27(13-12-26)32(30,31)20-7-5-19(23)6-8-20/h4-9,14-15H,3,10-13H2,1-2H3. The third-order valence-corrected chi connectivity index (χ3v) is 7.33. The summed E-state index contributed by atoms with van der Waals surface area (Å²) in [4.78, 5) is 19.1. The summed E-state index contributed by atoms with van der Waals surface area (Å²) >= 11 is 0. The highest BCUT2D eigenvalue weighted by Crippen LogP contribution is 2.19. The fourth-order valence-corrected chi connectivity index (χ4v) is 5.24. The van der Waals surface area contributed by atoms with Gasteiger partial charge in [0.25, 0.3) is 5.91 Å². The smallest absolute Gasteiger partial charge is 0.255 e. The molecule has 10 heteroatoms. The first kappa shape index (κ1) is 22.1. The number of rotatable bonds is 4. The van der Waals surface area contributed by atoms with E-state index in [1.165, 1.54) is 22.6 Å². The SMILES string of the molecule is Cc1cc(C)n(-c2ccc(C(=O)N3CCCN(S(=O)(=O)c4ccc(F)cc4)CC3)cn2)n1. The largest absolute Gasteiger partial charge is 0.337 e. The number of hydrogen-bond donors (Lipinski definition) is 0. The Hall–Kier alpha value is -3.11. The number of halogens is 1. The molecule has 1 aliphatic rings. The highest BCUT2D eigenvalue weighted by atomic mass is 32.2. The molecule has 1 aliphatic heterocycles. The number of aromatic nitrogens is 3. The predicted octanol–water partition coefficient (Wildman–Crippen LogP) is 2.56. The molecule has 0 unspecified atom stereocenters. The van der Waals surface area contributed by atoms with E-state index in [9.17, 15) is 17.6 Å². The first-order chi connectivity index (χ1) is 15.3. The molecule has 0 N–H and O–H groups in total. The molecule has 0 saturated carbocycles. The van der Waals surface area contributed by atoms with Gasteiger partial charge in [-0.25, -0.2) is 22.5 Å². The van der Waals surface area contributed by atoms with Crippen LogP contribution in [0.4, 0.5) is 4.39 Å². The number of benzene rings is 1. The Balaban J connectivity index is 1.45. The molecule has 3 heterocycles. The van der Waals surface area contributed by atoms with Crippen molar-refractivity contribution in [3.05, 3.63) is 71.4 Å². The Morgan fingerprint density at radius 3 is 2.38 bits per heavy atom. The summed E-state index contributed by atoms with van der Waals surface area (Å²) < 4.78 is 42.0. The van der Waals surface area contributed by atoms with Gasteiger partial charge in [0.1, 0.15) is 5.82 Å². The second-order valence-electron chi connectivity index (χ2n) is 7.75. The van der Waals surface area contributed by atoms with E-state index in [2.05, 4.69) is 10.1 Å². The summed E-state index contributed by atoms with van der Waals surface area (Å²) in [5.41, 5.74) is 2.27. The van der Waals surface area contributed by atoms with Crippen LogP contribution in [0.2, 0.25) is 0 Å². The van der Waals surface area contributed by atoms with E-state index in [0.29, 0.717) is 30.9 Å². The van der Waals surface area contributed by atoms with Gasteiger partial charge in [-0.1, -0.05) is 0 Å². The number of sulfonamides is 1. The molecule has 1 saturated heterocycles. The van der Waals surface area contributed by atoms with Crippen LogP contribution in [0.15, 0.2) is 53.6 Å². The number of carbonyl (C=O) groups is 1. The average molecular weight is 458 g/mol. The van der Waals surface area contributed by atoms with Crippen molar-refractivity contribution in [2.75, 3.05) is 26.2 Å². The lowest BCUT2D eigenvalue weighted by Gasteiger charge is -2.22. The van der Waals surface area contributed by atoms with Gasteiger partial charge in [-0.3, -0.25) is 4.79 Å². The molecule has 8 nitrogen and oxygen atoms in total. The van der Waals surface area contributed by atoms with Crippen molar-refractivity contribution in [2.24, 2.45) is 0 Å². The van der Waals surface area contributed by atoms with Crippen LogP contribution in [-0.4, -0.2) is 64.5 Å². The lowest BCUT2D eigenvalue weighted by molar-refractivity contribution is 0.0764. The normalized spacial score (nSPS) is 15.5. The van der Waals surface area contributed by atoms with E-state index in [4.69, 9.17) is 0 Å². The van der Waals surface area contributed by atoms with Crippen LogP contribution >= 0.6 is 0 Å². The minimum Gasteiger partial charge on any atom is -0.337 e. The Kier molecular flexibility index (Phi) is 6.07. The molecule has 1 amide bonds. The molecule has 2 aromatic heterocycles. The summed E-state index contributed by atoms with van der Waals surface area (Å²) in [5, 5.41) is 4.39. The van der Waals surface area contributed by atoms with Crippen molar-refractivity contribution >= 4 is 15.9 Å². The predicted molar refractivity (Wildman–Crippen MR) is 117 cm³/mol. The van der Waals surface area contributed by atoms with Crippen LogP contribution in [0, 0.1) is 19.7 Å². The summed E-state index contributed by atoms with van der Waals surface area (Å²) in [6, 6.07) is 10.2. The number of hydrogen-bond acceptors (Lipinski definition) is 5. The van der Waals surface area contributed by atoms with Crippen LogP contribution < -0.4 is 0 Å². The molecule has 1 fully saturated rings. The molecule has 0 bridgehead atoms. The maximum atomic E-state index is 13.2.